The van der Waals surface area contributed by atoms with Gasteiger partial charge in [0.1, 0.15) is 0 Å². The summed E-state index contributed by atoms with van der Waals surface area (Å²) in [4.78, 5) is 10.4. The predicted octanol–water partition coefficient (Wildman–Crippen LogP) is 1.78. The van der Waals surface area contributed by atoms with Crippen LogP contribution in [0.4, 0.5) is 0 Å². The molecule has 1 heterocycles. The number of aliphatic carboxylic acids is 1. The minimum atomic E-state index is -0.773. The summed E-state index contributed by atoms with van der Waals surface area (Å²) < 4.78 is 11.2. The van der Waals surface area contributed by atoms with Crippen molar-refractivity contribution in [2.75, 3.05) is 0 Å². The molecule has 0 aromatic rings. The molecular formula is C10H18O4. The maximum atomic E-state index is 10.4. The second-order valence-corrected chi connectivity index (χ2v) is 4.24. The Kier molecular flexibility index (Phi) is 3.50. The van der Waals surface area contributed by atoms with Crippen molar-refractivity contribution in [2.24, 2.45) is 0 Å². The first-order chi connectivity index (χ1) is 6.39. The van der Waals surface area contributed by atoms with E-state index in [1.165, 1.54) is 0 Å². The molecule has 1 saturated heterocycles. The Morgan fingerprint density at radius 3 is 2.64 bits per heavy atom. The van der Waals surface area contributed by atoms with Gasteiger partial charge in [0.15, 0.2) is 5.79 Å². The van der Waals surface area contributed by atoms with E-state index >= 15 is 0 Å². The van der Waals surface area contributed by atoms with Crippen molar-refractivity contribution >= 4 is 5.97 Å². The summed E-state index contributed by atoms with van der Waals surface area (Å²) in [6.07, 6.45) is 1.64. The van der Waals surface area contributed by atoms with Crippen LogP contribution in [-0.2, 0) is 14.3 Å². The molecule has 2 atom stereocenters. The SMILES string of the molecule is C[C@H]1C[C@@H](CCC(=O)O)OC(C)(C)O1. The van der Waals surface area contributed by atoms with Crippen LogP contribution in [0.15, 0.2) is 0 Å². The van der Waals surface area contributed by atoms with E-state index in [2.05, 4.69) is 0 Å². The summed E-state index contributed by atoms with van der Waals surface area (Å²) >= 11 is 0. The third-order valence-electron chi connectivity index (χ3n) is 2.21. The smallest absolute Gasteiger partial charge is 0.303 e. The van der Waals surface area contributed by atoms with Gasteiger partial charge in [-0.2, -0.15) is 0 Å². The zero-order chi connectivity index (χ0) is 10.8. The zero-order valence-electron chi connectivity index (χ0n) is 8.95. The van der Waals surface area contributed by atoms with Gasteiger partial charge in [0.25, 0.3) is 0 Å². The summed E-state index contributed by atoms with van der Waals surface area (Å²) in [5.74, 6) is -1.36. The van der Waals surface area contributed by atoms with Crippen LogP contribution in [0.5, 0.6) is 0 Å². The quantitative estimate of drug-likeness (QED) is 0.758. The van der Waals surface area contributed by atoms with Crippen LogP contribution in [0.1, 0.15) is 40.0 Å². The molecular weight excluding hydrogens is 184 g/mol. The molecule has 1 N–H and O–H groups in total. The summed E-state index contributed by atoms with van der Waals surface area (Å²) in [5.41, 5.74) is 0. The minimum Gasteiger partial charge on any atom is -0.481 e. The first kappa shape index (κ1) is 11.5. The van der Waals surface area contributed by atoms with Crippen LogP contribution in [0.25, 0.3) is 0 Å². The average Bonchev–Trinajstić information content (AvgIpc) is 1.96. The van der Waals surface area contributed by atoms with Crippen molar-refractivity contribution in [1.82, 2.24) is 0 Å². The normalized spacial score (nSPS) is 31.4. The Morgan fingerprint density at radius 2 is 2.14 bits per heavy atom. The molecule has 0 saturated carbocycles. The Balaban J connectivity index is 2.42. The van der Waals surface area contributed by atoms with Gasteiger partial charge in [-0.1, -0.05) is 0 Å². The molecule has 0 spiro atoms. The van der Waals surface area contributed by atoms with Crippen molar-refractivity contribution < 1.29 is 19.4 Å². The minimum absolute atomic E-state index is 0.00449. The van der Waals surface area contributed by atoms with Gasteiger partial charge in [-0.15, -0.1) is 0 Å². The van der Waals surface area contributed by atoms with E-state index in [0.29, 0.717) is 6.42 Å². The number of rotatable bonds is 3. The van der Waals surface area contributed by atoms with E-state index < -0.39 is 11.8 Å². The maximum absolute atomic E-state index is 10.4. The van der Waals surface area contributed by atoms with Crippen LogP contribution in [0.3, 0.4) is 0 Å². The Hall–Kier alpha value is -0.610. The number of carboxylic acid groups (broad SMARTS) is 1. The van der Waals surface area contributed by atoms with Crippen molar-refractivity contribution in [3.63, 3.8) is 0 Å². The second-order valence-electron chi connectivity index (χ2n) is 4.24. The lowest BCUT2D eigenvalue weighted by molar-refractivity contribution is -0.296. The molecule has 1 aliphatic rings. The number of hydrogen-bond donors (Lipinski definition) is 1. The van der Waals surface area contributed by atoms with E-state index in [4.69, 9.17) is 14.6 Å². The zero-order valence-corrected chi connectivity index (χ0v) is 8.95. The molecule has 82 valence electrons. The van der Waals surface area contributed by atoms with E-state index in [-0.39, 0.29) is 18.6 Å². The number of ether oxygens (including phenoxy) is 2. The van der Waals surface area contributed by atoms with Gasteiger partial charge in [0.2, 0.25) is 0 Å². The van der Waals surface area contributed by atoms with Gasteiger partial charge in [0, 0.05) is 6.42 Å². The molecule has 0 aliphatic carbocycles. The Bertz CT molecular complexity index is 212. The molecule has 0 amide bonds. The highest BCUT2D eigenvalue weighted by atomic mass is 16.7. The van der Waals surface area contributed by atoms with Crippen molar-refractivity contribution in [3.8, 4) is 0 Å². The predicted molar refractivity (Wildman–Crippen MR) is 51.0 cm³/mol. The van der Waals surface area contributed by atoms with E-state index in [9.17, 15) is 4.79 Å². The number of hydrogen-bond acceptors (Lipinski definition) is 3. The van der Waals surface area contributed by atoms with Gasteiger partial charge >= 0.3 is 5.97 Å². The number of carbonyl (C=O) groups is 1. The largest absolute Gasteiger partial charge is 0.481 e. The highest BCUT2D eigenvalue weighted by Crippen LogP contribution is 2.28. The molecule has 4 nitrogen and oxygen atoms in total. The van der Waals surface area contributed by atoms with Crippen LogP contribution in [0.2, 0.25) is 0 Å². The highest BCUT2D eigenvalue weighted by Gasteiger charge is 2.33. The van der Waals surface area contributed by atoms with Crippen LogP contribution in [0, 0.1) is 0 Å². The molecule has 0 aromatic heterocycles. The van der Waals surface area contributed by atoms with Crippen LogP contribution < -0.4 is 0 Å². The fourth-order valence-corrected chi connectivity index (χ4v) is 1.84. The summed E-state index contributed by atoms with van der Waals surface area (Å²) in [5, 5.41) is 8.55. The highest BCUT2D eigenvalue weighted by molar-refractivity contribution is 5.66. The third-order valence-corrected chi connectivity index (χ3v) is 2.21. The molecule has 1 rings (SSSR count). The molecule has 14 heavy (non-hydrogen) atoms. The molecule has 0 radical (unpaired) electrons. The van der Waals surface area contributed by atoms with E-state index in [1.807, 2.05) is 20.8 Å². The Labute approximate surface area is 84.2 Å². The van der Waals surface area contributed by atoms with Gasteiger partial charge < -0.3 is 14.6 Å². The van der Waals surface area contributed by atoms with Gasteiger partial charge in [0.05, 0.1) is 12.2 Å². The molecule has 4 heteroatoms. The van der Waals surface area contributed by atoms with Gasteiger partial charge in [-0.05, 0) is 33.6 Å². The lowest BCUT2D eigenvalue weighted by Crippen LogP contribution is -2.43. The summed E-state index contributed by atoms with van der Waals surface area (Å²) in [6, 6.07) is 0. The summed E-state index contributed by atoms with van der Waals surface area (Å²) in [6.45, 7) is 5.70. The monoisotopic (exact) mass is 202 g/mol. The van der Waals surface area contributed by atoms with Crippen LogP contribution in [-0.4, -0.2) is 29.1 Å². The fourth-order valence-electron chi connectivity index (χ4n) is 1.84. The molecule has 0 unspecified atom stereocenters. The number of carboxylic acids is 1. The standard InChI is InChI=1S/C10H18O4/c1-7-6-8(4-5-9(11)12)14-10(2,3)13-7/h7-8H,4-6H2,1-3H3,(H,11,12)/t7-,8+/m0/s1. The lowest BCUT2D eigenvalue weighted by atomic mass is 10.1. The van der Waals surface area contributed by atoms with Crippen molar-refractivity contribution in [2.45, 2.75) is 58.0 Å². The van der Waals surface area contributed by atoms with Crippen molar-refractivity contribution in [3.05, 3.63) is 0 Å². The average molecular weight is 202 g/mol. The van der Waals surface area contributed by atoms with E-state index in [0.717, 1.165) is 6.42 Å². The molecule has 0 bridgehead atoms. The topological polar surface area (TPSA) is 55.8 Å². The van der Waals surface area contributed by atoms with Gasteiger partial charge in [-0.3, -0.25) is 4.79 Å². The van der Waals surface area contributed by atoms with Crippen LogP contribution >= 0.6 is 0 Å². The Morgan fingerprint density at radius 1 is 1.50 bits per heavy atom. The molecule has 1 fully saturated rings. The molecule has 1 aliphatic heterocycles. The second kappa shape index (κ2) is 4.28. The maximum Gasteiger partial charge on any atom is 0.303 e. The van der Waals surface area contributed by atoms with Crippen molar-refractivity contribution in [1.29, 1.82) is 0 Å². The first-order valence-corrected chi connectivity index (χ1v) is 4.96. The third kappa shape index (κ3) is 3.64. The van der Waals surface area contributed by atoms with E-state index in [1.54, 1.807) is 0 Å². The first-order valence-electron chi connectivity index (χ1n) is 4.96. The van der Waals surface area contributed by atoms with Gasteiger partial charge in [-0.25, -0.2) is 0 Å². The summed E-state index contributed by atoms with van der Waals surface area (Å²) in [7, 11) is 0. The fraction of sp³-hybridized carbons (Fsp3) is 0.900. The lowest BCUT2D eigenvalue weighted by Gasteiger charge is -2.39. The molecule has 0 aromatic carbocycles.